The average molecular weight is 409 g/mol. The van der Waals surface area contributed by atoms with Crippen LogP contribution in [0.2, 0.25) is 0 Å². The summed E-state index contributed by atoms with van der Waals surface area (Å²) in [5, 5.41) is 20.1. The van der Waals surface area contributed by atoms with Crippen molar-refractivity contribution >= 4 is 11.5 Å². The zero-order valence-electron chi connectivity index (χ0n) is 17.3. The lowest BCUT2D eigenvalue weighted by molar-refractivity contribution is 0.225. The minimum atomic E-state index is 0.0952. The van der Waals surface area contributed by atoms with E-state index < -0.39 is 0 Å². The molecule has 1 aliphatic carbocycles. The monoisotopic (exact) mass is 409 g/mol. The van der Waals surface area contributed by atoms with Crippen molar-refractivity contribution in [3.8, 4) is 28.5 Å². The van der Waals surface area contributed by atoms with Crippen LogP contribution in [0.1, 0.15) is 31.4 Å². The normalized spacial score (nSPS) is 11.7. The Morgan fingerprint density at radius 2 is 1.90 bits per heavy atom. The molecule has 30 heavy (non-hydrogen) atoms. The Kier molecular flexibility index (Phi) is 6.09. The first-order valence-electron chi connectivity index (χ1n) is 10.3. The molecular formula is C23H27N3O4. The molecule has 0 bridgehead atoms. The van der Waals surface area contributed by atoms with Crippen molar-refractivity contribution < 1.29 is 19.3 Å². The number of H-pyrrole nitrogens is 1. The highest BCUT2D eigenvalue weighted by atomic mass is 16.5. The molecule has 158 valence electrons. The van der Waals surface area contributed by atoms with Gasteiger partial charge in [0.2, 0.25) is 0 Å². The fourth-order valence-electron chi connectivity index (χ4n) is 3.63. The summed E-state index contributed by atoms with van der Waals surface area (Å²) >= 11 is 0. The maximum atomic E-state index is 9.03. The van der Waals surface area contributed by atoms with Crippen molar-refractivity contribution in [2.24, 2.45) is 0 Å². The van der Waals surface area contributed by atoms with Crippen LogP contribution in [0.25, 0.3) is 11.3 Å². The first-order valence-corrected chi connectivity index (χ1v) is 10.3. The molecule has 0 saturated heterocycles. The smallest absolute Gasteiger partial charge is 0.161 e. The largest absolute Gasteiger partial charge is 0.494 e. The number of ether oxygens (including phenoxy) is 3. The highest BCUT2D eigenvalue weighted by Crippen LogP contribution is 2.44. The molecule has 0 unspecified atom stereocenters. The third kappa shape index (κ3) is 4.07. The number of hydrogen-bond donors (Lipinski definition) is 3. The van der Waals surface area contributed by atoms with Gasteiger partial charge in [-0.1, -0.05) is 6.07 Å². The second-order valence-electron chi connectivity index (χ2n) is 7.00. The molecule has 3 aromatic rings. The third-order valence-corrected chi connectivity index (χ3v) is 4.93. The van der Waals surface area contributed by atoms with E-state index in [1.165, 1.54) is 0 Å². The van der Waals surface area contributed by atoms with Crippen molar-refractivity contribution in [2.45, 2.75) is 26.7 Å². The molecule has 0 spiro atoms. The lowest BCUT2D eigenvalue weighted by Gasteiger charge is -2.14. The van der Waals surface area contributed by atoms with Crippen LogP contribution < -0.4 is 19.5 Å². The van der Waals surface area contributed by atoms with Gasteiger partial charge in [-0.2, -0.15) is 5.10 Å². The van der Waals surface area contributed by atoms with Crippen LogP contribution in [-0.4, -0.2) is 41.7 Å². The Bertz CT molecular complexity index is 1020. The quantitative estimate of drug-likeness (QED) is 0.339. The SMILES string of the molecule is CCOc1cccc(Nc2[nH]nc3c2Cc2cc(OCC)c(OCCCO)cc2-3)c1. The van der Waals surface area contributed by atoms with Crippen LogP contribution >= 0.6 is 0 Å². The van der Waals surface area contributed by atoms with E-state index in [0.717, 1.165) is 51.8 Å². The number of benzene rings is 2. The van der Waals surface area contributed by atoms with Crippen LogP contribution in [0, 0.1) is 0 Å². The topological polar surface area (TPSA) is 88.6 Å². The van der Waals surface area contributed by atoms with E-state index in [9.17, 15) is 0 Å². The molecule has 1 aromatic heterocycles. The van der Waals surface area contributed by atoms with Gasteiger partial charge in [0.15, 0.2) is 11.5 Å². The Morgan fingerprint density at radius 3 is 2.70 bits per heavy atom. The molecule has 0 amide bonds. The van der Waals surface area contributed by atoms with E-state index in [4.69, 9.17) is 19.3 Å². The van der Waals surface area contributed by atoms with Crippen LogP contribution in [0.3, 0.4) is 0 Å². The zero-order chi connectivity index (χ0) is 20.9. The van der Waals surface area contributed by atoms with Gasteiger partial charge in [-0.3, -0.25) is 5.10 Å². The standard InChI is InChI=1S/C23H27N3O4/c1-3-28-17-8-5-7-16(13-17)24-23-19-11-15-12-20(29-4-2)21(30-10-6-9-27)14-18(15)22(19)25-26-23/h5,7-8,12-14,27H,3-4,6,9-11H2,1-2H3,(H2,24,25,26). The lowest BCUT2D eigenvalue weighted by Crippen LogP contribution is -2.03. The van der Waals surface area contributed by atoms with Gasteiger partial charge in [0.05, 0.1) is 25.5 Å². The molecular weight excluding hydrogens is 382 g/mol. The summed E-state index contributed by atoms with van der Waals surface area (Å²) in [4.78, 5) is 0. The van der Waals surface area contributed by atoms with Crippen LogP contribution in [0.4, 0.5) is 11.5 Å². The molecule has 0 radical (unpaired) electrons. The van der Waals surface area contributed by atoms with Crippen molar-refractivity contribution in [1.82, 2.24) is 10.2 Å². The first-order chi connectivity index (χ1) is 14.7. The molecule has 7 heteroatoms. The molecule has 2 aromatic carbocycles. The predicted octanol–water partition coefficient (Wildman–Crippen LogP) is 4.28. The fourth-order valence-corrected chi connectivity index (χ4v) is 3.63. The Labute approximate surface area is 176 Å². The number of aliphatic hydroxyl groups excluding tert-OH is 1. The van der Waals surface area contributed by atoms with Gasteiger partial charge in [-0.15, -0.1) is 0 Å². The first kappa shape index (κ1) is 20.1. The Hall–Kier alpha value is -3.19. The summed E-state index contributed by atoms with van der Waals surface area (Å²) in [5.41, 5.74) is 5.17. The summed E-state index contributed by atoms with van der Waals surface area (Å²) in [5.74, 6) is 3.10. The molecule has 1 heterocycles. The second kappa shape index (κ2) is 9.09. The van der Waals surface area contributed by atoms with Crippen molar-refractivity contribution in [3.63, 3.8) is 0 Å². The van der Waals surface area contributed by atoms with Gasteiger partial charge >= 0.3 is 0 Å². The number of fused-ring (bicyclic) bond motifs is 3. The molecule has 7 nitrogen and oxygen atoms in total. The predicted molar refractivity (Wildman–Crippen MR) is 116 cm³/mol. The van der Waals surface area contributed by atoms with Crippen molar-refractivity contribution in [3.05, 3.63) is 47.5 Å². The average Bonchev–Trinajstić information content (AvgIpc) is 3.29. The van der Waals surface area contributed by atoms with Crippen molar-refractivity contribution in [1.29, 1.82) is 0 Å². The van der Waals surface area contributed by atoms with Crippen LogP contribution in [0.5, 0.6) is 17.2 Å². The number of nitrogens with zero attached hydrogens (tertiary/aromatic N) is 1. The summed E-state index contributed by atoms with van der Waals surface area (Å²) in [7, 11) is 0. The molecule has 0 aliphatic heterocycles. The van der Waals surface area contributed by atoms with E-state index in [2.05, 4.69) is 15.5 Å². The highest BCUT2D eigenvalue weighted by molar-refractivity contribution is 5.81. The van der Waals surface area contributed by atoms with Crippen LogP contribution in [0.15, 0.2) is 36.4 Å². The summed E-state index contributed by atoms with van der Waals surface area (Å²) < 4.78 is 17.2. The van der Waals surface area contributed by atoms with Gasteiger partial charge in [-0.25, -0.2) is 0 Å². The minimum Gasteiger partial charge on any atom is -0.494 e. The second-order valence-corrected chi connectivity index (χ2v) is 7.00. The molecule has 0 atom stereocenters. The highest BCUT2D eigenvalue weighted by Gasteiger charge is 2.27. The van der Waals surface area contributed by atoms with E-state index in [1.54, 1.807) is 0 Å². The van der Waals surface area contributed by atoms with E-state index >= 15 is 0 Å². The minimum absolute atomic E-state index is 0.0952. The summed E-state index contributed by atoms with van der Waals surface area (Å²) in [6, 6.07) is 11.9. The van der Waals surface area contributed by atoms with Crippen LogP contribution in [-0.2, 0) is 6.42 Å². The van der Waals surface area contributed by atoms with Gasteiger partial charge in [0.25, 0.3) is 0 Å². The maximum absolute atomic E-state index is 9.03. The number of nitrogens with one attached hydrogen (secondary N) is 2. The number of hydrogen-bond acceptors (Lipinski definition) is 6. The lowest BCUT2D eigenvalue weighted by atomic mass is 10.1. The van der Waals surface area contributed by atoms with E-state index in [1.807, 2.05) is 50.2 Å². The van der Waals surface area contributed by atoms with Gasteiger partial charge in [0, 0.05) is 42.3 Å². The number of rotatable bonds is 10. The van der Waals surface area contributed by atoms with E-state index in [-0.39, 0.29) is 6.61 Å². The van der Waals surface area contributed by atoms with Gasteiger partial charge in [-0.05, 0) is 43.7 Å². The molecule has 0 saturated carbocycles. The Balaban J connectivity index is 1.60. The number of aliphatic hydroxyl groups is 1. The zero-order valence-corrected chi connectivity index (χ0v) is 17.3. The summed E-state index contributed by atoms with van der Waals surface area (Å²) in [6.45, 7) is 5.64. The number of aromatic amines is 1. The molecule has 3 N–H and O–H groups in total. The number of anilines is 2. The Morgan fingerprint density at radius 1 is 1.07 bits per heavy atom. The van der Waals surface area contributed by atoms with Gasteiger partial charge in [0.1, 0.15) is 11.6 Å². The van der Waals surface area contributed by atoms with Gasteiger partial charge < -0.3 is 24.6 Å². The third-order valence-electron chi connectivity index (χ3n) is 4.93. The number of aromatic nitrogens is 2. The maximum Gasteiger partial charge on any atom is 0.161 e. The fraction of sp³-hybridized carbons (Fsp3) is 0.348. The van der Waals surface area contributed by atoms with Crippen molar-refractivity contribution in [2.75, 3.05) is 31.7 Å². The summed E-state index contributed by atoms with van der Waals surface area (Å²) in [6.07, 6.45) is 1.33. The molecule has 1 aliphatic rings. The molecule has 0 fully saturated rings. The molecule has 4 rings (SSSR count). The van der Waals surface area contributed by atoms with E-state index in [0.29, 0.717) is 32.0 Å².